The topological polar surface area (TPSA) is 63.3 Å². The van der Waals surface area contributed by atoms with E-state index in [1.54, 1.807) is 6.07 Å². The molecule has 1 atom stereocenters. The third kappa shape index (κ3) is 3.21. The van der Waals surface area contributed by atoms with Crippen molar-refractivity contribution in [2.75, 3.05) is 6.26 Å². The average Bonchev–Trinajstić information content (AvgIpc) is 2.16. The van der Waals surface area contributed by atoms with Gasteiger partial charge in [0.1, 0.15) is 5.82 Å². The standard InChI is InChI=1S/C10H12FNO2S/c1-15-6-2-3-7(8(11)4-6)9(12)5-10(13)14/h2-4,9H,5,12H2,1H3,(H,13,14). The first-order valence-corrected chi connectivity index (χ1v) is 5.58. The minimum Gasteiger partial charge on any atom is -0.481 e. The predicted octanol–water partition coefficient (Wildman–Crippen LogP) is 2.02. The average molecular weight is 229 g/mol. The molecule has 3 nitrogen and oxygen atoms in total. The molecule has 0 saturated heterocycles. The lowest BCUT2D eigenvalue weighted by Gasteiger charge is -2.11. The van der Waals surface area contributed by atoms with E-state index < -0.39 is 17.8 Å². The number of benzene rings is 1. The van der Waals surface area contributed by atoms with Crippen LogP contribution < -0.4 is 5.73 Å². The summed E-state index contributed by atoms with van der Waals surface area (Å²) < 4.78 is 13.5. The molecule has 0 aliphatic heterocycles. The van der Waals surface area contributed by atoms with E-state index in [4.69, 9.17) is 10.8 Å². The number of rotatable bonds is 4. The van der Waals surface area contributed by atoms with E-state index in [-0.39, 0.29) is 12.0 Å². The van der Waals surface area contributed by atoms with E-state index in [2.05, 4.69) is 0 Å². The molecule has 0 spiro atoms. The van der Waals surface area contributed by atoms with Crippen molar-refractivity contribution in [3.63, 3.8) is 0 Å². The number of halogens is 1. The Balaban J connectivity index is 2.90. The molecular formula is C10H12FNO2S. The Labute approximate surface area is 91.5 Å². The summed E-state index contributed by atoms with van der Waals surface area (Å²) in [4.78, 5) is 11.2. The summed E-state index contributed by atoms with van der Waals surface area (Å²) in [6.07, 6.45) is 1.57. The Morgan fingerprint density at radius 3 is 2.80 bits per heavy atom. The monoisotopic (exact) mass is 229 g/mol. The lowest BCUT2D eigenvalue weighted by Crippen LogP contribution is -2.16. The molecule has 15 heavy (non-hydrogen) atoms. The van der Waals surface area contributed by atoms with Gasteiger partial charge in [-0.15, -0.1) is 11.8 Å². The molecule has 0 fully saturated rings. The summed E-state index contributed by atoms with van der Waals surface area (Å²) in [7, 11) is 0. The molecule has 3 N–H and O–H groups in total. The molecule has 0 bridgehead atoms. The van der Waals surface area contributed by atoms with Gasteiger partial charge in [0.15, 0.2) is 0 Å². The number of hydrogen-bond donors (Lipinski definition) is 2. The van der Waals surface area contributed by atoms with Gasteiger partial charge in [-0.3, -0.25) is 4.79 Å². The highest BCUT2D eigenvalue weighted by molar-refractivity contribution is 7.98. The zero-order valence-electron chi connectivity index (χ0n) is 8.24. The Hall–Kier alpha value is -1.07. The number of thioether (sulfide) groups is 1. The summed E-state index contributed by atoms with van der Waals surface area (Å²) in [6.45, 7) is 0. The molecule has 0 radical (unpaired) electrons. The molecule has 82 valence electrons. The van der Waals surface area contributed by atoms with E-state index in [1.165, 1.54) is 23.9 Å². The largest absolute Gasteiger partial charge is 0.481 e. The molecule has 0 aromatic heterocycles. The zero-order chi connectivity index (χ0) is 11.4. The summed E-state index contributed by atoms with van der Waals surface area (Å²) in [5.41, 5.74) is 5.81. The van der Waals surface area contributed by atoms with E-state index in [9.17, 15) is 9.18 Å². The van der Waals surface area contributed by atoms with Gasteiger partial charge in [-0.1, -0.05) is 6.07 Å². The van der Waals surface area contributed by atoms with Crippen LogP contribution in [0, 0.1) is 5.82 Å². The Kier molecular flexibility index (Phi) is 4.11. The zero-order valence-corrected chi connectivity index (χ0v) is 9.05. The second-order valence-electron chi connectivity index (χ2n) is 3.09. The van der Waals surface area contributed by atoms with Gasteiger partial charge in [0.25, 0.3) is 0 Å². The molecule has 0 saturated carbocycles. The minimum absolute atomic E-state index is 0.246. The fraction of sp³-hybridized carbons (Fsp3) is 0.300. The molecule has 1 unspecified atom stereocenters. The van der Waals surface area contributed by atoms with Gasteiger partial charge in [0.05, 0.1) is 6.42 Å². The molecular weight excluding hydrogens is 217 g/mol. The van der Waals surface area contributed by atoms with Crippen LogP contribution in [0.3, 0.4) is 0 Å². The van der Waals surface area contributed by atoms with E-state index >= 15 is 0 Å². The lowest BCUT2D eigenvalue weighted by molar-refractivity contribution is -0.137. The first kappa shape index (κ1) is 12.0. The van der Waals surface area contributed by atoms with Gasteiger partial charge in [0.2, 0.25) is 0 Å². The summed E-state index contributed by atoms with van der Waals surface area (Å²) in [6, 6.07) is 3.83. The number of hydrogen-bond acceptors (Lipinski definition) is 3. The summed E-state index contributed by atoms with van der Waals surface area (Å²) >= 11 is 1.42. The van der Waals surface area contributed by atoms with E-state index in [0.717, 1.165) is 4.90 Å². The third-order valence-corrected chi connectivity index (χ3v) is 2.73. The molecule has 1 aromatic carbocycles. The molecule has 0 aliphatic rings. The van der Waals surface area contributed by atoms with Crippen molar-refractivity contribution >= 4 is 17.7 Å². The van der Waals surface area contributed by atoms with Gasteiger partial charge in [-0.2, -0.15) is 0 Å². The van der Waals surface area contributed by atoms with Crippen molar-refractivity contribution in [1.29, 1.82) is 0 Å². The SMILES string of the molecule is CSc1ccc(C(N)CC(=O)O)c(F)c1. The van der Waals surface area contributed by atoms with Crippen LogP contribution in [0.15, 0.2) is 23.1 Å². The lowest BCUT2D eigenvalue weighted by atomic mass is 10.0. The molecule has 0 amide bonds. The van der Waals surface area contributed by atoms with Gasteiger partial charge in [0, 0.05) is 16.5 Å². The smallest absolute Gasteiger partial charge is 0.305 e. The van der Waals surface area contributed by atoms with Crippen molar-refractivity contribution < 1.29 is 14.3 Å². The number of carboxylic acid groups (broad SMARTS) is 1. The van der Waals surface area contributed by atoms with Gasteiger partial charge >= 0.3 is 5.97 Å². The highest BCUT2D eigenvalue weighted by Gasteiger charge is 2.14. The van der Waals surface area contributed by atoms with Gasteiger partial charge in [-0.05, 0) is 18.4 Å². The van der Waals surface area contributed by atoms with Crippen molar-refractivity contribution in [1.82, 2.24) is 0 Å². The Bertz CT molecular complexity index is 370. The fourth-order valence-electron chi connectivity index (χ4n) is 1.23. The first-order valence-electron chi connectivity index (χ1n) is 4.35. The van der Waals surface area contributed by atoms with Crippen molar-refractivity contribution in [3.8, 4) is 0 Å². The van der Waals surface area contributed by atoms with Crippen LogP contribution >= 0.6 is 11.8 Å². The van der Waals surface area contributed by atoms with E-state index in [0.29, 0.717) is 0 Å². The second-order valence-corrected chi connectivity index (χ2v) is 3.97. The van der Waals surface area contributed by atoms with Gasteiger partial charge in [-0.25, -0.2) is 4.39 Å². The Morgan fingerprint density at radius 1 is 1.67 bits per heavy atom. The Morgan fingerprint density at radius 2 is 2.33 bits per heavy atom. The third-order valence-electron chi connectivity index (χ3n) is 2.00. The van der Waals surface area contributed by atoms with Crippen molar-refractivity contribution in [3.05, 3.63) is 29.6 Å². The second kappa shape index (κ2) is 5.14. The van der Waals surface area contributed by atoms with Crippen LogP contribution in [0.2, 0.25) is 0 Å². The predicted molar refractivity (Wildman–Crippen MR) is 57.4 cm³/mol. The summed E-state index contributed by atoms with van der Waals surface area (Å²) in [5, 5.41) is 8.53. The fourth-order valence-corrected chi connectivity index (χ4v) is 1.66. The maximum atomic E-state index is 13.5. The normalized spacial score (nSPS) is 12.5. The van der Waals surface area contributed by atoms with Crippen LogP contribution in [-0.2, 0) is 4.79 Å². The number of carbonyl (C=O) groups is 1. The molecule has 0 heterocycles. The van der Waals surface area contributed by atoms with Crippen LogP contribution in [-0.4, -0.2) is 17.3 Å². The highest BCUT2D eigenvalue weighted by atomic mass is 32.2. The highest BCUT2D eigenvalue weighted by Crippen LogP contribution is 2.23. The molecule has 1 rings (SSSR count). The maximum absolute atomic E-state index is 13.5. The molecule has 0 aliphatic carbocycles. The molecule has 1 aromatic rings. The minimum atomic E-state index is -1.03. The quantitative estimate of drug-likeness (QED) is 0.775. The van der Waals surface area contributed by atoms with Crippen LogP contribution in [0.4, 0.5) is 4.39 Å². The molecule has 5 heteroatoms. The number of aliphatic carboxylic acids is 1. The van der Waals surface area contributed by atoms with Crippen molar-refractivity contribution in [2.45, 2.75) is 17.4 Å². The van der Waals surface area contributed by atoms with Gasteiger partial charge < -0.3 is 10.8 Å². The number of carboxylic acids is 1. The summed E-state index contributed by atoms with van der Waals surface area (Å²) in [5.74, 6) is -1.48. The van der Waals surface area contributed by atoms with Crippen LogP contribution in [0.25, 0.3) is 0 Å². The first-order chi connectivity index (χ1) is 7.04. The van der Waals surface area contributed by atoms with Crippen molar-refractivity contribution in [2.24, 2.45) is 5.73 Å². The number of nitrogens with two attached hydrogens (primary N) is 1. The van der Waals surface area contributed by atoms with E-state index in [1.807, 2.05) is 6.26 Å². The van der Waals surface area contributed by atoms with Crippen LogP contribution in [0.1, 0.15) is 18.0 Å². The van der Waals surface area contributed by atoms with Crippen LogP contribution in [0.5, 0.6) is 0 Å². The maximum Gasteiger partial charge on any atom is 0.305 e.